The molecule has 8 heteroatoms. The first kappa shape index (κ1) is 22.1. The van der Waals surface area contributed by atoms with Crippen molar-refractivity contribution >= 4 is 55.5 Å². The lowest BCUT2D eigenvalue weighted by Gasteiger charge is -2.07. The van der Waals surface area contributed by atoms with Crippen LogP contribution in [0.2, 0.25) is 0 Å². The van der Waals surface area contributed by atoms with E-state index in [0.29, 0.717) is 12.2 Å². The number of nitrogens with zero attached hydrogens (tertiary/aromatic N) is 3. The van der Waals surface area contributed by atoms with E-state index < -0.39 is 0 Å². The van der Waals surface area contributed by atoms with Crippen molar-refractivity contribution in [3.63, 3.8) is 0 Å². The Hall–Kier alpha value is -3.10. The number of thiocarbonyl (C=S) groups is 1. The second-order valence-corrected chi connectivity index (χ2v) is 8.53. The van der Waals surface area contributed by atoms with Crippen LogP contribution in [-0.2, 0) is 13.0 Å². The molecule has 32 heavy (non-hydrogen) atoms. The maximum Gasteiger partial charge on any atom is 0.221 e. The van der Waals surface area contributed by atoms with Gasteiger partial charge in [0.25, 0.3) is 0 Å². The Balaban J connectivity index is 1.63. The number of rotatable bonds is 5. The monoisotopic (exact) mass is 510 g/mol. The summed E-state index contributed by atoms with van der Waals surface area (Å²) in [6, 6.07) is 19.7. The topological polar surface area (TPSA) is 61.9 Å². The van der Waals surface area contributed by atoms with Crippen LogP contribution in [0.25, 0.3) is 10.9 Å². The van der Waals surface area contributed by atoms with E-state index in [1.165, 1.54) is 17.7 Å². The molecular formula is C24H20BrFN4OS. The van der Waals surface area contributed by atoms with Crippen molar-refractivity contribution < 1.29 is 9.50 Å². The van der Waals surface area contributed by atoms with Crippen LogP contribution in [0.4, 0.5) is 15.8 Å². The van der Waals surface area contributed by atoms with Crippen LogP contribution < -0.4 is 5.32 Å². The number of anilines is 1. The van der Waals surface area contributed by atoms with Gasteiger partial charge < -0.3 is 15.0 Å². The number of halogens is 2. The Morgan fingerprint density at radius 1 is 1.06 bits per heavy atom. The third kappa shape index (κ3) is 4.87. The molecule has 1 aromatic heterocycles. The van der Waals surface area contributed by atoms with Gasteiger partial charge >= 0.3 is 0 Å². The average molecular weight is 511 g/mol. The minimum atomic E-state index is -0.306. The van der Waals surface area contributed by atoms with Gasteiger partial charge in [0.2, 0.25) is 11.0 Å². The van der Waals surface area contributed by atoms with Crippen LogP contribution in [0.5, 0.6) is 5.88 Å². The van der Waals surface area contributed by atoms with Gasteiger partial charge in [-0.3, -0.25) is 0 Å². The van der Waals surface area contributed by atoms with Gasteiger partial charge in [-0.2, -0.15) is 0 Å². The molecule has 0 saturated carbocycles. The lowest BCUT2D eigenvalue weighted by atomic mass is 10.1. The SMILES string of the molecule is CCc1ccc(NC(=S)N=Nc2c(O)n(Cc3ccc(F)cc3)c3ccc(Br)cc23)cc1. The molecule has 5 nitrogen and oxygen atoms in total. The fourth-order valence-electron chi connectivity index (χ4n) is 3.39. The summed E-state index contributed by atoms with van der Waals surface area (Å²) < 4.78 is 15.8. The van der Waals surface area contributed by atoms with Crippen molar-refractivity contribution in [1.82, 2.24) is 4.57 Å². The van der Waals surface area contributed by atoms with E-state index >= 15 is 0 Å². The number of fused-ring (bicyclic) bond motifs is 1. The van der Waals surface area contributed by atoms with E-state index in [9.17, 15) is 9.50 Å². The van der Waals surface area contributed by atoms with Gasteiger partial charge in [-0.1, -0.05) is 47.1 Å². The van der Waals surface area contributed by atoms with Gasteiger partial charge in [-0.05, 0) is 72.2 Å². The molecule has 0 aliphatic heterocycles. The summed E-state index contributed by atoms with van der Waals surface area (Å²) in [4.78, 5) is 0. The maximum absolute atomic E-state index is 13.3. The van der Waals surface area contributed by atoms with Crippen LogP contribution in [-0.4, -0.2) is 14.8 Å². The van der Waals surface area contributed by atoms with E-state index in [-0.39, 0.29) is 16.8 Å². The van der Waals surface area contributed by atoms with Crippen molar-refractivity contribution in [3.05, 3.63) is 88.1 Å². The molecule has 0 aliphatic rings. The minimum Gasteiger partial charge on any atom is -0.493 e. The largest absolute Gasteiger partial charge is 0.493 e. The fraction of sp³-hybridized carbons (Fsp3) is 0.125. The van der Waals surface area contributed by atoms with Crippen LogP contribution in [0.15, 0.2) is 81.4 Å². The molecule has 0 amide bonds. The van der Waals surface area contributed by atoms with Gasteiger partial charge in [0, 0.05) is 15.5 Å². The van der Waals surface area contributed by atoms with Crippen molar-refractivity contribution in [2.75, 3.05) is 5.32 Å². The zero-order valence-electron chi connectivity index (χ0n) is 17.2. The Bertz CT molecular complexity index is 1300. The van der Waals surface area contributed by atoms with Crippen LogP contribution >= 0.6 is 28.1 Å². The van der Waals surface area contributed by atoms with E-state index in [1.54, 1.807) is 16.7 Å². The summed E-state index contributed by atoms with van der Waals surface area (Å²) >= 11 is 8.78. The van der Waals surface area contributed by atoms with Crippen molar-refractivity contribution in [3.8, 4) is 5.88 Å². The van der Waals surface area contributed by atoms with Crippen LogP contribution in [0.3, 0.4) is 0 Å². The Morgan fingerprint density at radius 3 is 2.44 bits per heavy atom. The van der Waals surface area contributed by atoms with Gasteiger partial charge in [0.15, 0.2) is 5.69 Å². The zero-order valence-corrected chi connectivity index (χ0v) is 19.6. The van der Waals surface area contributed by atoms with Crippen LogP contribution in [0.1, 0.15) is 18.1 Å². The first-order valence-corrected chi connectivity index (χ1v) is 11.2. The predicted octanol–water partition coefficient (Wildman–Crippen LogP) is 7.34. The second-order valence-electron chi connectivity index (χ2n) is 7.23. The molecule has 2 N–H and O–H groups in total. The highest BCUT2D eigenvalue weighted by atomic mass is 79.9. The molecule has 4 aromatic rings. The summed E-state index contributed by atoms with van der Waals surface area (Å²) in [7, 11) is 0. The molecule has 0 aliphatic carbocycles. The van der Waals surface area contributed by atoms with E-state index in [1.807, 2.05) is 42.5 Å². The number of azo groups is 1. The quantitative estimate of drug-likeness (QED) is 0.218. The highest BCUT2D eigenvalue weighted by Crippen LogP contribution is 2.40. The Morgan fingerprint density at radius 2 is 1.75 bits per heavy atom. The molecule has 1 heterocycles. The molecule has 0 spiro atoms. The van der Waals surface area contributed by atoms with Gasteiger partial charge in [-0.25, -0.2) is 4.39 Å². The predicted molar refractivity (Wildman–Crippen MR) is 133 cm³/mol. The van der Waals surface area contributed by atoms with Gasteiger partial charge in [0.05, 0.1) is 12.1 Å². The highest BCUT2D eigenvalue weighted by Gasteiger charge is 2.17. The standard InChI is InChI=1S/C24H20BrFN4OS/c1-2-15-5-10-19(11-6-15)27-24(32)29-28-22-20-13-17(25)7-12-21(20)30(23(22)31)14-16-3-8-18(26)9-4-16/h3-13,31H,2,14H2,1H3,(H,27,32). The molecule has 0 radical (unpaired) electrons. The molecule has 0 saturated heterocycles. The molecule has 0 fully saturated rings. The zero-order chi connectivity index (χ0) is 22.7. The number of aromatic hydroxyl groups is 1. The highest BCUT2D eigenvalue weighted by molar-refractivity contribution is 9.10. The number of benzene rings is 3. The Labute approximate surface area is 198 Å². The van der Waals surface area contributed by atoms with E-state index in [2.05, 4.69) is 38.4 Å². The molecule has 3 aromatic carbocycles. The first-order valence-electron chi connectivity index (χ1n) is 10.0. The number of aryl methyl sites for hydroxylation is 1. The third-order valence-corrected chi connectivity index (χ3v) is 5.76. The number of hydrogen-bond donors (Lipinski definition) is 2. The van der Waals surface area contributed by atoms with Crippen LogP contribution in [0, 0.1) is 5.82 Å². The summed E-state index contributed by atoms with van der Waals surface area (Å²) in [5, 5.41) is 23.2. The normalized spacial score (nSPS) is 11.3. The molecule has 4 rings (SSSR count). The van der Waals surface area contributed by atoms with E-state index in [4.69, 9.17) is 12.2 Å². The van der Waals surface area contributed by atoms with Gasteiger partial charge in [-0.15, -0.1) is 10.2 Å². The van der Waals surface area contributed by atoms with E-state index in [0.717, 1.165) is 33.0 Å². The molecule has 0 atom stereocenters. The summed E-state index contributed by atoms with van der Waals surface area (Å²) in [5.74, 6) is -0.347. The van der Waals surface area contributed by atoms with Crippen molar-refractivity contribution in [2.24, 2.45) is 10.2 Å². The number of aromatic nitrogens is 1. The Kier molecular flexibility index (Phi) is 6.62. The number of hydrogen-bond acceptors (Lipinski definition) is 3. The first-order chi connectivity index (χ1) is 15.4. The summed E-state index contributed by atoms with van der Waals surface area (Å²) in [6.45, 7) is 2.45. The second kappa shape index (κ2) is 9.58. The molecule has 0 unspecified atom stereocenters. The van der Waals surface area contributed by atoms with Crippen molar-refractivity contribution in [2.45, 2.75) is 19.9 Å². The molecule has 0 bridgehead atoms. The molecule has 162 valence electrons. The lowest BCUT2D eigenvalue weighted by Crippen LogP contribution is -2.04. The summed E-state index contributed by atoms with van der Waals surface area (Å²) in [6.07, 6.45) is 0.960. The number of nitrogens with one attached hydrogen (secondary N) is 1. The average Bonchev–Trinajstić information content (AvgIpc) is 3.04. The molecular weight excluding hydrogens is 491 g/mol. The van der Waals surface area contributed by atoms with Crippen molar-refractivity contribution in [1.29, 1.82) is 0 Å². The lowest BCUT2D eigenvalue weighted by molar-refractivity contribution is 0.429. The smallest absolute Gasteiger partial charge is 0.221 e. The third-order valence-electron chi connectivity index (χ3n) is 5.08. The fourth-order valence-corrected chi connectivity index (χ4v) is 3.91. The van der Waals surface area contributed by atoms with Gasteiger partial charge in [0.1, 0.15) is 5.82 Å². The minimum absolute atomic E-state index is 0.0405. The summed E-state index contributed by atoms with van der Waals surface area (Å²) in [5.41, 5.74) is 3.98. The maximum atomic E-state index is 13.3.